The molecule has 1 atom stereocenters. The maximum absolute atomic E-state index is 12.7. The van der Waals surface area contributed by atoms with E-state index in [1.165, 1.54) is 18.8 Å². The van der Waals surface area contributed by atoms with Gasteiger partial charge in [-0.2, -0.15) is 4.31 Å². The van der Waals surface area contributed by atoms with Crippen LogP contribution in [0.3, 0.4) is 0 Å². The zero-order valence-corrected chi connectivity index (χ0v) is 18.1. The molecule has 0 aromatic heterocycles. The van der Waals surface area contributed by atoms with Crippen LogP contribution in [0.25, 0.3) is 0 Å². The molecular weight excluding hydrogens is 396 g/mol. The summed E-state index contributed by atoms with van der Waals surface area (Å²) in [5, 5.41) is 2.90. The number of likely N-dealkylation sites (N-methyl/N-ethyl adjacent to an activating group) is 1. The van der Waals surface area contributed by atoms with Crippen molar-refractivity contribution in [3.63, 3.8) is 0 Å². The minimum Gasteiger partial charge on any atom is -0.497 e. The molecule has 0 spiro atoms. The van der Waals surface area contributed by atoms with E-state index in [0.717, 1.165) is 20.5 Å². The molecule has 8 heteroatoms. The van der Waals surface area contributed by atoms with Gasteiger partial charge in [0.15, 0.2) is 0 Å². The van der Waals surface area contributed by atoms with Gasteiger partial charge in [0.25, 0.3) is 0 Å². The van der Waals surface area contributed by atoms with Crippen molar-refractivity contribution >= 4 is 27.7 Å². The van der Waals surface area contributed by atoms with Crippen molar-refractivity contribution in [2.75, 3.05) is 27.0 Å². The number of sulfonamides is 1. The first-order chi connectivity index (χ1) is 13.3. The fourth-order valence-corrected chi connectivity index (χ4v) is 4.25. The first-order valence-electron chi connectivity index (χ1n) is 8.85. The normalized spacial score (nSPS) is 12.6. The second-order valence-electron chi connectivity index (χ2n) is 6.24. The SMILES string of the molecule is CCC(NC(=O)CN(C)S(=O)(=O)c1ccc(SC)cc1)c1ccc(OC)cc1. The summed E-state index contributed by atoms with van der Waals surface area (Å²) in [6.45, 7) is 1.71. The van der Waals surface area contributed by atoms with Crippen molar-refractivity contribution < 1.29 is 17.9 Å². The van der Waals surface area contributed by atoms with E-state index in [-0.39, 0.29) is 23.4 Å². The number of thioether (sulfide) groups is 1. The molecule has 0 fully saturated rings. The minimum absolute atomic E-state index is 0.169. The van der Waals surface area contributed by atoms with Crippen molar-refractivity contribution in [1.29, 1.82) is 0 Å². The van der Waals surface area contributed by atoms with Gasteiger partial charge >= 0.3 is 0 Å². The van der Waals surface area contributed by atoms with E-state index < -0.39 is 10.0 Å². The van der Waals surface area contributed by atoms with E-state index >= 15 is 0 Å². The summed E-state index contributed by atoms with van der Waals surface area (Å²) in [7, 11) is -0.724. The molecule has 1 unspecified atom stereocenters. The van der Waals surface area contributed by atoms with Crippen LogP contribution >= 0.6 is 11.8 Å². The summed E-state index contributed by atoms with van der Waals surface area (Å²) in [5.41, 5.74) is 0.940. The molecule has 0 saturated carbocycles. The molecule has 0 saturated heterocycles. The zero-order valence-electron chi connectivity index (χ0n) is 16.5. The highest BCUT2D eigenvalue weighted by Gasteiger charge is 2.24. The molecular formula is C20H26N2O4S2. The third-order valence-electron chi connectivity index (χ3n) is 4.40. The average Bonchev–Trinajstić information content (AvgIpc) is 2.72. The number of carbonyl (C=O) groups is 1. The quantitative estimate of drug-likeness (QED) is 0.628. The number of nitrogens with one attached hydrogen (secondary N) is 1. The Balaban J connectivity index is 2.04. The second kappa shape index (κ2) is 9.95. The minimum atomic E-state index is -3.73. The molecule has 0 aliphatic rings. The van der Waals surface area contributed by atoms with Crippen LogP contribution in [-0.4, -0.2) is 45.6 Å². The molecule has 2 aromatic carbocycles. The predicted molar refractivity (Wildman–Crippen MR) is 112 cm³/mol. The van der Waals surface area contributed by atoms with Gasteiger partial charge in [0.2, 0.25) is 15.9 Å². The van der Waals surface area contributed by atoms with Crippen LogP contribution < -0.4 is 10.1 Å². The van der Waals surface area contributed by atoms with Gasteiger partial charge in [0, 0.05) is 11.9 Å². The lowest BCUT2D eigenvalue weighted by molar-refractivity contribution is -0.121. The fraction of sp³-hybridized carbons (Fsp3) is 0.350. The smallest absolute Gasteiger partial charge is 0.243 e. The van der Waals surface area contributed by atoms with Crippen LogP contribution in [0.5, 0.6) is 5.75 Å². The summed E-state index contributed by atoms with van der Waals surface area (Å²) in [6.07, 6.45) is 2.61. The van der Waals surface area contributed by atoms with Crippen molar-refractivity contribution in [2.45, 2.75) is 29.2 Å². The summed E-state index contributed by atoms with van der Waals surface area (Å²) in [6, 6.07) is 13.9. The molecule has 28 heavy (non-hydrogen) atoms. The number of benzene rings is 2. The average molecular weight is 423 g/mol. The van der Waals surface area contributed by atoms with Gasteiger partial charge in [-0.1, -0.05) is 19.1 Å². The fourth-order valence-electron chi connectivity index (χ4n) is 2.71. The second-order valence-corrected chi connectivity index (χ2v) is 9.16. The highest BCUT2D eigenvalue weighted by Crippen LogP contribution is 2.21. The largest absolute Gasteiger partial charge is 0.497 e. The van der Waals surface area contributed by atoms with Crippen LogP contribution in [0.4, 0.5) is 0 Å². The molecule has 0 aliphatic carbocycles. The lowest BCUT2D eigenvalue weighted by atomic mass is 10.0. The Labute approximate surface area is 171 Å². The van der Waals surface area contributed by atoms with Gasteiger partial charge in [-0.15, -0.1) is 11.8 Å². The summed E-state index contributed by atoms with van der Waals surface area (Å²) in [4.78, 5) is 13.6. The van der Waals surface area contributed by atoms with Crippen molar-refractivity contribution in [3.05, 3.63) is 54.1 Å². The Hall–Kier alpha value is -2.03. The van der Waals surface area contributed by atoms with E-state index in [0.29, 0.717) is 6.42 Å². The van der Waals surface area contributed by atoms with Gasteiger partial charge in [0.05, 0.1) is 24.6 Å². The maximum atomic E-state index is 12.7. The zero-order chi connectivity index (χ0) is 20.7. The Morgan fingerprint density at radius 1 is 1.14 bits per heavy atom. The summed E-state index contributed by atoms with van der Waals surface area (Å²) in [5.74, 6) is 0.387. The molecule has 152 valence electrons. The summed E-state index contributed by atoms with van der Waals surface area (Å²) < 4.78 is 31.6. The highest BCUT2D eigenvalue weighted by atomic mass is 32.2. The van der Waals surface area contributed by atoms with Gasteiger partial charge < -0.3 is 10.1 Å². The number of nitrogens with zero attached hydrogens (tertiary/aromatic N) is 1. The van der Waals surface area contributed by atoms with Crippen LogP contribution in [0.2, 0.25) is 0 Å². The van der Waals surface area contributed by atoms with Crippen LogP contribution in [-0.2, 0) is 14.8 Å². The maximum Gasteiger partial charge on any atom is 0.243 e. The molecule has 1 amide bonds. The number of ether oxygens (including phenoxy) is 1. The van der Waals surface area contributed by atoms with E-state index in [1.54, 1.807) is 31.4 Å². The van der Waals surface area contributed by atoms with E-state index in [2.05, 4.69) is 5.32 Å². The molecule has 2 rings (SSSR count). The molecule has 0 bridgehead atoms. The van der Waals surface area contributed by atoms with Crippen molar-refractivity contribution in [3.8, 4) is 5.75 Å². The molecule has 1 N–H and O–H groups in total. The van der Waals surface area contributed by atoms with Crippen LogP contribution in [0, 0.1) is 0 Å². The Morgan fingerprint density at radius 2 is 1.75 bits per heavy atom. The molecule has 0 heterocycles. The van der Waals surface area contributed by atoms with Gasteiger partial charge in [-0.3, -0.25) is 4.79 Å². The van der Waals surface area contributed by atoms with Gasteiger partial charge in [-0.25, -0.2) is 8.42 Å². The third-order valence-corrected chi connectivity index (χ3v) is 6.96. The molecule has 0 aliphatic heterocycles. The van der Waals surface area contributed by atoms with Crippen LogP contribution in [0.15, 0.2) is 58.3 Å². The Morgan fingerprint density at radius 3 is 2.25 bits per heavy atom. The molecule has 0 radical (unpaired) electrons. The lowest BCUT2D eigenvalue weighted by Gasteiger charge is -2.21. The standard InChI is InChI=1S/C20H26N2O4S2/c1-5-19(15-6-8-16(26-3)9-7-15)21-20(23)14-22(2)28(24,25)18-12-10-17(27-4)11-13-18/h6-13,19H,5,14H2,1-4H3,(H,21,23). The van der Waals surface area contributed by atoms with E-state index in [9.17, 15) is 13.2 Å². The topological polar surface area (TPSA) is 75.7 Å². The summed E-state index contributed by atoms with van der Waals surface area (Å²) >= 11 is 1.54. The van der Waals surface area contributed by atoms with Gasteiger partial charge in [-0.05, 0) is 54.6 Å². The number of amides is 1. The third kappa shape index (κ3) is 5.50. The lowest BCUT2D eigenvalue weighted by Crippen LogP contribution is -2.39. The van der Waals surface area contributed by atoms with Crippen LogP contribution in [0.1, 0.15) is 24.9 Å². The Bertz CT molecular complexity index is 881. The first kappa shape index (κ1) is 22.3. The molecule has 6 nitrogen and oxygen atoms in total. The molecule has 2 aromatic rings. The van der Waals surface area contributed by atoms with Gasteiger partial charge in [0.1, 0.15) is 5.75 Å². The Kier molecular flexibility index (Phi) is 7.91. The number of hydrogen-bond donors (Lipinski definition) is 1. The monoisotopic (exact) mass is 422 g/mol. The number of methoxy groups -OCH3 is 1. The van der Waals surface area contributed by atoms with Crippen molar-refractivity contribution in [1.82, 2.24) is 9.62 Å². The first-order valence-corrected chi connectivity index (χ1v) is 11.5. The van der Waals surface area contributed by atoms with Crippen molar-refractivity contribution in [2.24, 2.45) is 0 Å². The van der Waals surface area contributed by atoms with E-state index in [1.807, 2.05) is 37.4 Å². The van der Waals surface area contributed by atoms with E-state index in [4.69, 9.17) is 4.74 Å². The number of carbonyl (C=O) groups excluding carboxylic acids is 1. The predicted octanol–water partition coefficient (Wildman–Crippen LogP) is 3.31. The number of hydrogen-bond acceptors (Lipinski definition) is 5. The highest BCUT2D eigenvalue weighted by molar-refractivity contribution is 7.98. The number of rotatable bonds is 9.